The fourth-order valence-corrected chi connectivity index (χ4v) is 2.68. The van der Waals surface area contributed by atoms with Crippen LogP contribution in [0.3, 0.4) is 0 Å². The highest BCUT2D eigenvalue weighted by atomic mass is 16.1. The zero-order chi connectivity index (χ0) is 13.9. The quantitative estimate of drug-likeness (QED) is 0.678. The summed E-state index contributed by atoms with van der Waals surface area (Å²) in [6.07, 6.45) is 6.54. The first-order valence-corrected chi connectivity index (χ1v) is 6.75. The van der Waals surface area contributed by atoms with Crippen LogP contribution in [-0.4, -0.2) is 15.7 Å². The molecule has 0 aliphatic carbocycles. The second kappa shape index (κ2) is 5.29. The molecule has 3 rings (SSSR count). The number of aryl methyl sites for hydroxylation is 2. The molecule has 0 atom stereocenters. The van der Waals surface area contributed by atoms with Gasteiger partial charge < -0.3 is 4.40 Å². The predicted molar refractivity (Wildman–Crippen MR) is 79.2 cm³/mol. The molecule has 0 unspecified atom stereocenters. The molecule has 3 heterocycles. The van der Waals surface area contributed by atoms with E-state index in [1.807, 2.05) is 55.7 Å². The van der Waals surface area contributed by atoms with Crippen LogP contribution in [0.4, 0.5) is 0 Å². The Kier molecular flexibility index (Phi) is 3.33. The van der Waals surface area contributed by atoms with Gasteiger partial charge in [0.1, 0.15) is 0 Å². The van der Waals surface area contributed by atoms with Gasteiger partial charge in [-0.25, -0.2) is 0 Å². The van der Waals surface area contributed by atoms with Gasteiger partial charge in [-0.1, -0.05) is 12.1 Å². The molecule has 3 aromatic heterocycles. The minimum absolute atomic E-state index is 0.793. The Morgan fingerprint density at radius 2 is 2.00 bits per heavy atom. The van der Waals surface area contributed by atoms with Gasteiger partial charge in [-0.15, -0.1) is 0 Å². The van der Waals surface area contributed by atoms with Crippen molar-refractivity contribution in [3.8, 4) is 0 Å². The largest absolute Gasteiger partial charge is 0.320 e. The van der Waals surface area contributed by atoms with Crippen LogP contribution in [0.15, 0.2) is 48.8 Å². The van der Waals surface area contributed by atoms with E-state index in [2.05, 4.69) is 9.38 Å². The summed E-state index contributed by atoms with van der Waals surface area (Å²) < 4.78 is 2.11. The number of fused-ring (bicyclic) bond motifs is 1. The fourth-order valence-electron chi connectivity index (χ4n) is 2.68. The lowest BCUT2D eigenvalue weighted by molar-refractivity contribution is 0.112. The van der Waals surface area contributed by atoms with E-state index in [-0.39, 0.29) is 0 Å². The minimum Gasteiger partial charge on any atom is -0.320 e. The minimum atomic E-state index is 0.793. The molecule has 20 heavy (non-hydrogen) atoms. The highest BCUT2D eigenvalue weighted by Gasteiger charge is 2.13. The van der Waals surface area contributed by atoms with Crippen LogP contribution < -0.4 is 0 Å². The third kappa shape index (κ3) is 2.11. The predicted octanol–water partition coefficient (Wildman–Crippen LogP) is 3.24. The molecule has 0 radical (unpaired) electrons. The normalized spacial score (nSPS) is 10.8. The van der Waals surface area contributed by atoms with Crippen LogP contribution in [0.2, 0.25) is 0 Å². The Balaban J connectivity index is 1.99. The standard InChI is InChI=1S/C17H16N2O/c1-13-15(12-20)17-7-3-5-11-19(17)16(13)9-8-14-6-2-4-10-18-14/h2-7,10-12H,8-9H2,1H3. The third-order valence-corrected chi connectivity index (χ3v) is 3.73. The Hall–Kier alpha value is -2.42. The molecule has 0 aromatic carbocycles. The molecular formula is C17H16N2O. The maximum absolute atomic E-state index is 11.3. The number of hydrogen-bond donors (Lipinski definition) is 0. The smallest absolute Gasteiger partial charge is 0.152 e. The van der Waals surface area contributed by atoms with Gasteiger partial charge >= 0.3 is 0 Å². The summed E-state index contributed by atoms with van der Waals surface area (Å²) in [5.74, 6) is 0. The van der Waals surface area contributed by atoms with E-state index in [9.17, 15) is 4.79 Å². The highest BCUT2D eigenvalue weighted by molar-refractivity contribution is 5.89. The Morgan fingerprint density at radius 1 is 1.15 bits per heavy atom. The Labute approximate surface area is 117 Å². The van der Waals surface area contributed by atoms with Crippen LogP contribution in [0.5, 0.6) is 0 Å². The van der Waals surface area contributed by atoms with Gasteiger partial charge in [-0.2, -0.15) is 0 Å². The highest BCUT2D eigenvalue weighted by Crippen LogP contribution is 2.22. The molecule has 0 aliphatic heterocycles. The number of hydrogen-bond acceptors (Lipinski definition) is 2. The van der Waals surface area contributed by atoms with E-state index in [1.165, 1.54) is 5.69 Å². The Bertz CT molecular complexity index is 744. The summed E-state index contributed by atoms with van der Waals surface area (Å²) >= 11 is 0. The first-order chi connectivity index (χ1) is 9.81. The van der Waals surface area contributed by atoms with Crippen molar-refractivity contribution < 1.29 is 4.79 Å². The lowest BCUT2D eigenvalue weighted by atomic mass is 10.1. The third-order valence-electron chi connectivity index (χ3n) is 3.73. The molecule has 0 amide bonds. The fraction of sp³-hybridized carbons (Fsp3) is 0.176. The number of carbonyl (C=O) groups is 1. The number of rotatable bonds is 4. The SMILES string of the molecule is Cc1c(C=O)c2ccccn2c1CCc1ccccn1. The zero-order valence-electron chi connectivity index (χ0n) is 11.4. The number of carbonyl (C=O) groups excluding carboxylic acids is 1. The van der Waals surface area contributed by atoms with Crippen molar-refractivity contribution >= 4 is 11.8 Å². The number of pyridine rings is 2. The molecule has 0 spiro atoms. The van der Waals surface area contributed by atoms with Crippen LogP contribution in [0, 0.1) is 6.92 Å². The van der Waals surface area contributed by atoms with Crippen molar-refractivity contribution in [3.05, 3.63) is 71.3 Å². The molecule has 100 valence electrons. The van der Waals surface area contributed by atoms with Crippen molar-refractivity contribution in [2.24, 2.45) is 0 Å². The maximum atomic E-state index is 11.3. The van der Waals surface area contributed by atoms with E-state index < -0.39 is 0 Å². The van der Waals surface area contributed by atoms with Gasteiger partial charge in [0, 0.05) is 29.3 Å². The number of aromatic nitrogens is 2. The molecule has 3 aromatic rings. The summed E-state index contributed by atoms with van der Waals surface area (Å²) in [5.41, 5.74) is 5.11. The van der Waals surface area contributed by atoms with Crippen LogP contribution in [0.25, 0.3) is 5.52 Å². The second-order valence-corrected chi connectivity index (χ2v) is 4.88. The first kappa shape index (κ1) is 12.6. The Morgan fingerprint density at radius 3 is 2.75 bits per heavy atom. The maximum Gasteiger partial charge on any atom is 0.152 e. The van der Waals surface area contributed by atoms with Gasteiger partial charge in [0.15, 0.2) is 6.29 Å². The summed E-state index contributed by atoms with van der Waals surface area (Å²) in [7, 11) is 0. The molecule has 0 bridgehead atoms. The second-order valence-electron chi connectivity index (χ2n) is 4.88. The monoisotopic (exact) mass is 264 g/mol. The summed E-state index contributed by atoms with van der Waals surface area (Å²) in [4.78, 5) is 15.7. The summed E-state index contributed by atoms with van der Waals surface area (Å²) in [5, 5.41) is 0. The molecule has 3 heteroatoms. The molecule has 0 N–H and O–H groups in total. The summed E-state index contributed by atoms with van der Waals surface area (Å²) in [6, 6.07) is 11.9. The van der Waals surface area contributed by atoms with Gasteiger partial charge in [-0.05, 0) is 49.6 Å². The van der Waals surface area contributed by atoms with Gasteiger partial charge in [0.05, 0.1) is 5.52 Å². The lowest BCUT2D eigenvalue weighted by Crippen LogP contribution is -1.99. The first-order valence-electron chi connectivity index (χ1n) is 6.75. The molecule has 0 fully saturated rings. The number of nitrogens with zero attached hydrogens (tertiary/aromatic N) is 2. The van der Waals surface area contributed by atoms with Gasteiger partial charge in [0.2, 0.25) is 0 Å². The van der Waals surface area contributed by atoms with E-state index in [0.717, 1.165) is 41.5 Å². The number of aldehydes is 1. The van der Waals surface area contributed by atoms with Crippen molar-refractivity contribution in [1.82, 2.24) is 9.38 Å². The lowest BCUT2D eigenvalue weighted by Gasteiger charge is -2.04. The van der Waals surface area contributed by atoms with E-state index in [4.69, 9.17) is 0 Å². The topological polar surface area (TPSA) is 34.4 Å². The molecular weight excluding hydrogens is 248 g/mol. The molecule has 0 saturated heterocycles. The summed E-state index contributed by atoms with van der Waals surface area (Å²) in [6.45, 7) is 2.02. The van der Waals surface area contributed by atoms with E-state index in [1.54, 1.807) is 0 Å². The van der Waals surface area contributed by atoms with Crippen LogP contribution in [-0.2, 0) is 12.8 Å². The van der Waals surface area contributed by atoms with Crippen molar-refractivity contribution in [3.63, 3.8) is 0 Å². The van der Waals surface area contributed by atoms with Gasteiger partial charge in [0.25, 0.3) is 0 Å². The molecule has 3 nitrogen and oxygen atoms in total. The van der Waals surface area contributed by atoms with Crippen LogP contribution >= 0.6 is 0 Å². The van der Waals surface area contributed by atoms with Crippen molar-refractivity contribution in [2.75, 3.05) is 0 Å². The van der Waals surface area contributed by atoms with E-state index in [0.29, 0.717) is 0 Å². The zero-order valence-corrected chi connectivity index (χ0v) is 11.4. The van der Waals surface area contributed by atoms with Crippen molar-refractivity contribution in [2.45, 2.75) is 19.8 Å². The average Bonchev–Trinajstić information content (AvgIpc) is 2.77. The van der Waals surface area contributed by atoms with Crippen molar-refractivity contribution in [1.29, 1.82) is 0 Å². The molecule has 0 saturated carbocycles. The van der Waals surface area contributed by atoms with Gasteiger partial charge in [-0.3, -0.25) is 9.78 Å². The van der Waals surface area contributed by atoms with Crippen LogP contribution in [0.1, 0.15) is 27.3 Å². The molecule has 0 aliphatic rings. The average molecular weight is 264 g/mol. The van der Waals surface area contributed by atoms with E-state index >= 15 is 0 Å².